The third-order valence-electron chi connectivity index (χ3n) is 1.05. The summed E-state index contributed by atoms with van der Waals surface area (Å²) in [5.41, 5.74) is 0.650. The van der Waals surface area contributed by atoms with Crippen molar-refractivity contribution >= 4 is 15.7 Å². The van der Waals surface area contributed by atoms with Gasteiger partial charge in [-0.3, -0.25) is 9.97 Å². The second-order valence-electron chi connectivity index (χ2n) is 1.83. The van der Waals surface area contributed by atoms with Crippen LogP contribution >= 0.6 is 0 Å². The number of hydrogen-bond donors (Lipinski definition) is 0. The molecule has 0 aliphatic rings. The molecule has 0 aromatic carbocycles. The monoisotopic (exact) mass is 194 g/mol. The van der Waals surface area contributed by atoms with Gasteiger partial charge in [0, 0.05) is 30.4 Å². The fourth-order valence-corrected chi connectivity index (χ4v) is 0.896. The van der Waals surface area contributed by atoms with Crippen LogP contribution in [0.25, 0.3) is 0 Å². The second kappa shape index (κ2) is 6.30. The number of nitrogens with zero attached hydrogens (tertiary/aromatic N) is 2. The van der Waals surface area contributed by atoms with Crippen LogP contribution in [0.15, 0.2) is 18.6 Å². The maximum Gasteiger partial charge on any atom is 1.00 e. The molecule has 1 rings (SSSR count). The topological polar surface area (TPSA) is 59.9 Å². The van der Waals surface area contributed by atoms with Gasteiger partial charge in [-0.05, 0) is 0 Å². The molecular formula is C6H7N2NaO2S. The Hall–Kier alpha value is -0.230. The van der Waals surface area contributed by atoms with E-state index in [2.05, 4.69) is 9.97 Å². The Morgan fingerprint density at radius 3 is 2.75 bits per heavy atom. The van der Waals surface area contributed by atoms with E-state index in [-0.39, 0.29) is 31.0 Å². The van der Waals surface area contributed by atoms with Gasteiger partial charge >= 0.3 is 29.6 Å². The predicted octanol–water partition coefficient (Wildman–Crippen LogP) is -3.18. The molecule has 0 unspecified atom stereocenters. The molecule has 0 bridgehead atoms. The standard InChI is InChI=1S/C6H6N2O2S.Na.H/c9-11(10)4-1-6-5-7-2-3-8-6;;/h2-5H,1H2;;/q;+1;-1. The minimum atomic E-state index is -2.11. The van der Waals surface area contributed by atoms with E-state index in [1.54, 1.807) is 0 Å². The van der Waals surface area contributed by atoms with Gasteiger partial charge < -0.3 is 1.43 Å². The molecule has 0 saturated heterocycles. The van der Waals surface area contributed by atoms with Crippen molar-refractivity contribution in [3.05, 3.63) is 24.3 Å². The van der Waals surface area contributed by atoms with Gasteiger partial charge in [0.05, 0.1) is 5.69 Å². The fourth-order valence-electron chi connectivity index (χ4n) is 0.589. The molecule has 0 aliphatic heterocycles. The molecule has 0 N–H and O–H groups in total. The van der Waals surface area contributed by atoms with Crippen molar-refractivity contribution in [1.29, 1.82) is 0 Å². The van der Waals surface area contributed by atoms with E-state index in [4.69, 9.17) is 0 Å². The van der Waals surface area contributed by atoms with Crippen molar-refractivity contribution in [2.24, 2.45) is 0 Å². The molecule has 60 valence electrons. The van der Waals surface area contributed by atoms with Crippen LogP contribution in [0, 0.1) is 0 Å². The molecule has 0 atom stereocenters. The fraction of sp³-hybridized carbons (Fsp3) is 0.167. The molecule has 0 radical (unpaired) electrons. The van der Waals surface area contributed by atoms with Crippen molar-refractivity contribution < 1.29 is 39.4 Å². The van der Waals surface area contributed by atoms with Crippen molar-refractivity contribution in [2.45, 2.75) is 6.42 Å². The molecule has 12 heavy (non-hydrogen) atoms. The zero-order valence-corrected chi connectivity index (χ0v) is 9.45. The first-order valence-electron chi connectivity index (χ1n) is 2.95. The van der Waals surface area contributed by atoms with E-state index >= 15 is 0 Å². The number of rotatable bonds is 2. The average molecular weight is 194 g/mol. The molecule has 6 heteroatoms. The van der Waals surface area contributed by atoms with E-state index in [0.29, 0.717) is 12.1 Å². The first kappa shape index (κ1) is 11.8. The minimum absolute atomic E-state index is 0. The van der Waals surface area contributed by atoms with Gasteiger partial charge in [0.15, 0.2) is 0 Å². The van der Waals surface area contributed by atoms with Crippen LogP contribution in [0.5, 0.6) is 0 Å². The Kier molecular flexibility index (Phi) is 6.18. The molecule has 0 spiro atoms. The summed E-state index contributed by atoms with van der Waals surface area (Å²) in [6.07, 6.45) is 4.90. The number of aromatic nitrogens is 2. The summed E-state index contributed by atoms with van der Waals surface area (Å²) in [7, 11) is -2.11. The van der Waals surface area contributed by atoms with E-state index in [0.717, 1.165) is 5.37 Å². The maximum atomic E-state index is 10.1. The summed E-state index contributed by atoms with van der Waals surface area (Å²) < 4.78 is 20.1. The van der Waals surface area contributed by atoms with Gasteiger partial charge in [-0.25, -0.2) is 0 Å². The van der Waals surface area contributed by atoms with Crippen molar-refractivity contribution in [3.63, 3.8) is 0 Å². The molecule has 0 saturated carbocycles. The minimum Gasteiger partial charge on any atom is -1.00 e. The van der Waals surface area contributed by atoms with Gasteiger partial charge in [-0.2, -0.15) is 8.42 Å². The molecule has 0 fully saturated rings. The first-order chi connectivity index (χ1) is 5.29. The smallest absolute Gasteiger partial charge is 1.00 e. The predicted molar refractivity (Wildman–Crippen MR) is 41.8 cm³/mol. The van der Waals surface area contributed by atoms with Crippen LogP contribution in [0.3, 0.4) is 0 Å². The summed E-state index contributed by atoms with van der Waals surface area (Å²) in [5, 5.41) is 1.14. The number of hydrogen-bond acceptors (Lipinski definition) is 4. The maximum absolute atomic E-state index is 10.1. The van der Waals surface area contributed by atoms with Crippen LogP contribution in [-0.2, 0) is 16.7 Å². The van der Waals surface area contributed by atoms with Crippen LogP contribution in [0.2, 0.25) is 0 Å². The molecule has 4 nitrogen and oxygen atoms in total. The van der Waals surface area contributed by atoms with Crippen LogP contribution in [0.4, 0.5) is 0 Å². The van der Waals surface area contributed by atoms with Crippen LogP contribution < -0.4 is 29.6 Å². The SMILES string of the molecule is O=S(=O)=CCc1cnccn1.[H-].[Na+]. The Morgan fingerprint density at radius 2 is 2.25 bits per heavy atom. The molecule has 0 aliphatic carbocycles. The van der Waals surface area contributed by atoms with Crippen molar-refractivity contribution in [1.82, 2.24) is 9.97 Å². The molecule has 1 aromatic heterocycles. The van der Waals surface area contributed by atoms with Gasteiger partial charge in [-0.15, -0.1) is 0 Å². The molecule has 0 amide bonds. The van der Waals surface area contributed by atoms with Gasteiger partial charge in [0.2, 0.25) is 10.3 Å². The summed E-state index contributed by atoms with van der Waals surface area (Å²) in [6.45, 7) is 0. The second-order valence-corrected chi connectivity index (χ2v) is 2.68. The summed E-state index contributed by atoms with van der Waals surface area (Å²) in [6, 6.07) is 0. The Balaban J connectivity index is 0. The van der Waals surface area contributed by atoms with Gasteiger partial charge in [0.1, 0.15) is 0 Å². The molecular weight excluding hydrogens is 187 g/mol. The third-order valence-corrected chi connectivity index (χ3v) is 1.48. The van der Waals surface area contributed by atoms with E-state index in [1.807, 2.05) is 0 Å². The largest absolute Gasteiger partial charge is 1.00 e. The Labute approximate surface area is 95.4 Å². The van der Waals surface area contributed by atoms with E-state index < -0.39 is 10.3 Å². The van der Waals surface area contributed by atoms with Crippen molar-refractivity contribution in [2.75, 3.05) is 0 Å². The molecule has 1 aromatic rings. The average Bonchev–Trinajstić information content (AvgIpc) is 2.03. The summed E-state index contributed by atoms with van der Waals surface area (Å²) >= 11 is 0. The van der Waals surface area contributed by atoms with Gasteiger partial charge in [-0.1, -0.05) is 0 Å². The van der Waals surface area contributed by atoms with Gasteiger partial charge in [0.25, 0.3) is 0 Å². The third kappa shape index (κ3) is 4.61. The summed E-state index contributed by atoms with van der Waals surface area (Å²) in [5.74, 6) is 0. The Morgan fingerprint density at radius 1 is 1.50 bits per heavy atom. The van der Waals surface area contributed by atoms with Crippen LogP contribution in [0.1, 0.15) is 7.12 Å². The quantitative estimate of drug-likeness (QED) is 0.368. The molecule has 1 heterocycles. The van der Waals surface area contributed by atoms with Crippen LogP contribution in [-0.4, -0.2) is 23.8 Å². The van der Waals surface area contributed by atoms with E-state index in [9.17, 15) is 8.42 Å². The first-order valence-corrected chi connectivity index (χ1v) is 4.09. The van der Waals surface area contributed by atoms with E-state index in [1.165, 1.54) is 18.6 Å². The van der Waals surface area contributed by atoms with Crippen molar-refractivity contribution in [3.8, 4) is 0 Å². The summed E-state index contributed by atoms with van der Waals surface area (Å²) in [4.78, 5) is 7.66. The Bertz CT molecular complexity index is 346. The zero-order chi connectivity index (χ0) is 8.10. The zero-order valence-electron chi connectivity index (χ0n) is 7.64. The normalized spacial score (nSPS) is 8.33.